The van der Waals surface area contributed by atoms with Crippen molar-refractivity contribution >= 4 is 5.70 Å². The summed E-state index contributed by atoms with van der Waals surface area (Å²) in [5.74, 6) is -0.627. The number of allylic oxidation sites excluding steroid dienone is 2. The topological polar surface area (TPSA) is 122 Å². The lowest BCUT2D eigenvalue weighted by atomic mass is 10.0. The van der Waals surface area contributed by atoms with E-state index < -0.39 is 5.82 Å². The van der Waals surface area contributed by atoms with Crippen LogP contribution in [0.3, 0.4) is 0 Å². The van der Waals surface area contributed by atoms with E-state index >= 15 is 0 Å². The molecule has 0 atom stereocenters. The van der Waals surface area contributed by atoms with Gasteiger partial charge in [0.05, 0.1) is 12.4 Å². The van der Waals surface area contributed by atoms with Crippen LogP contribution in [-0.2, 0) is 0 Å². The first kappa shape index (κ1) is 20.8. The number of β-amino-alcohol motifs (C(OH)–C–C–N with tert-alkyl or cyclic N) is 1. The Bertz CT molecular complexity index is 581. The number of likely N-dealkylation sites (tertiary alicyclic amines) is 1. The third-order valence-electron chi connectivity index (χ3n) is 3.89. The smallest absolute Gasteiger partial charge is 0.128 e. The van der Waals surface area contributed by atoms with E-state index in [0.29, 0.717) is 17.7 Å². The first-order valence-corrected chi connectivity index (χ1v) is 8.36. The Morgan fingerprint density at radius 2 is 1.80 bits per heavy atom. The lowest BCUT2D eigenvalue weighted by Gasteiger charge is -2.25. The summed E-state index contributed by atoms with van der Waals surface area (Å²) in [5, 5.41) is 18.1. The molecule has 1 aliphatic rings. The maximum absolute atomic E-state index is 12.9. The monoisotopic (exact) mass is 352 g/mol. The van der Waals surface area contributed by atoms with E-state index in [1.165, 1.54) is 50.6 Å². The zero-order valence-electron chi connectivity index (χ0n) is 14.7. The number of phenols is 1. The SMILES string of the molecule is Cc1cc(F)cc(O)c1/C(N)=C/C=C(N)N.OCCN1CCCCC1. The lowest BCUT2D eigenvalue weighted by Crippen LogP contribution is -2.31. The normalized spacial score (nSPS) is 15.2. The van der Waals surface area contributed by atoms with Crippen molar-refractivity contribution in [2.45, 2.75) is 26.2 Å². The summed E-state index contributed by atoms with van der Waals surface area (Å²) < 4.78 is 12.9. The molecule has 0 aromatic heterocycles. The number of piperidine rings is 1. The van der Waals surface area contributed by atoms with Gasteiger partial charge >= 0.3 is 0 Å². The molecule has 1 aliphatic heterocycles. The molecule has 0 aliphatic carbocycles. The minimum absolute atomic E-state index is 0.0993. The van der Waals surface area contributed by atoms with Gasteiger partial charge in [0.25, 0.3) is 0 Å². The molecule has 0 spiro atoms. The molecule has 0 unspecified atom stereocenters. The number of halogens is 1. The van der Waals surface area contributed by atoms with Gasteiger partial charge < -0.3 is 32.3 Å². The molecule has 1 aromatic carbocycles. The second-order valence-electron chi connectivity index (χ2n) is 6.03. The highest BCUT2D eigenvalue weighted by molar-refractivity contribution is 5.71. The number of aryl methyl sites for hydroxylation is 1. The van der Waals surface area contributed by atoms with Gasteiger partial charge in [0, 0.05) is 23.9 Å². The van der Waals surface area contributed by atoms with Crippen molar-refractivity contribution in [3.63, 3.8) is 0 Å². The average Bonchev–Trinajstić information content (AvgIpc) is 2.54. The molecule has 7 heteroatoms. The fourth-order valence-corrected chi connectivity index (χ4v) is 2.69. The van der Waals surface area contributed by atoms with Crippen LogP contribution in [0.2, 0.25) is 0 Å². The van der Waals surface area contributed by atoms with Gasteiger partial charge in [-0.25, -0.2) is 4.39 Å². The molecule has 0 radical (unpaired) electrons. The molecular formula is C18H29FN4O2. The summed E-state index contributed by atoms with van der Waals surface area (Å²) in [6.45, 7) is 5.23. The zero-order chi connectivity index (χ0) is 18.8. The lowest BCUT2D eigenvalue weighted by molar-refractivity contribution is 0.173. The van der Waals surface area contributed by atoms with Crippen molar-refractivity contribution in [2.24, 2.45) is 17.2 Å². The molecule has 1 heterocycles. The van der Waals surface area contributed by atoms with Crippen LogP contribution in [0.25, 0.3) is 5.70 Å². The van der Waals surface area contributed by atoms with Crippen molar-refractivity contribution < 1.29 is 14.6 Å². The van der Waals surface area contributed by atoms with Gasteiger partial charge in [-0.2, -0.15) is 0 Å². The Balaban J connectivity index is 0.000000293. The summed E-state index contributed by atoms with van der Waals surface area (Å²) in [5.41, 5.74) is 17.4. The number of nitrogens with two attached hydrogens (primary N) is 3. The molecule has 6 nitrogen and oxygen atoms in total. The Morgan fingerprint density at radius 1 is 1.16 bits per heavy atom. The van der Waals surface area contributed by atoms with Crippen molar-refractivity contribution in [1.82, 2.24) is 4.90 Å². The van der Waals surface area contributed by atoms with Crippen LogP contribution in [0.15, 0.2) is 30.1 Å². The number of aliphatic hydroxyl groups is 1. The van der Waals surface area contributed by atoms with Crippen LogP contribution in [0.1, 0.15) is 30.4 Å². The molecule has 0 bridgehead atoms. The second-order valence-corrected chi connectivity index (χ2v) is 6.03. The molecular weight excluding hydrogens is 323 g/mol. The van der Waals surface area contributed by atoms with Gasteiger partial charge in [-0.05, 0) is 56.6 Å². The van der Waals surface area contributed by atoms with Crippen LogP contribution in [0, 0.1) is 12.7 Å². The first-order chi connectivity index (χ1) is 11.8. The van der Waals surface area contributed by atoms with Gasteiger partial charge in [0.2, 0.25) is 0 Å². The third-order valence-corrected chi connectivity index (χ3v) is 3.89. The summed E-state index contributed by atoms with van der Waals surface area (Å²) >= 11 is 0. The van der Waals surface area contributed by atoms with Crippen molar-refractivity contribution in [1.29, 1.82) is 0 Å². The molecule has 8 N–H and O–H groups in total. The van der Waals surface area contributed by atoms with Gasteiger partial charge in [-0.1, -0.05) is 6.42 Å². The molecule has 0 amide bonds. The van der Waals surface area contributed by atoms with Gasteiger partial charge in [-0.3, -0.25) is 0 Å². The summed E-state index contributed by atoms with van der Waals surface area (Å²) in [4.78, 5) is 2.32. The Kier molecular flexibility index (Phi) is 8.80. The number of rotatable bonds is 4. The van der Waals surface area contributed by atoms with Gasteiger partial charge in [0.15, 0.2) is 0 Å². The Hall–Kier alpha value is -2.25. The van der Waals surface area contributed by atoms with Crippen molar-refractivity contribution in [2.75, 3.05) is 26.2 Å². The third kappa shape index (κ3) is 7.45. The van der Waals surface area contributed by atoms with Crippen molar-refractivity contribution in [3.8, 4) is 5.75 Å². The van der Waals surface area contributed by atoms with E-state index in [1.54, 1.807) is 6.92 Å². The Morgan fingerprint density at radius 3 is 2.32 bits per heavy atom. The van der Waals surface area contributed by atoms with Crippen LogP contribution in [0.5, 0.6) is 5.75 Å². The second kappa shape index (κ2) is 10.6. The number of benzene rings is 1. The summed E-state index contributed by atoms with van der Waals surface area (Å²) in [6.07, 6.45) is 6.87. The molecule has 25 heavy (non-hydrogen) atoms. The average molecular weight is 352 g/mol. The first-order valence-electron chi connectivity index (χ1n) is 8.36. The number of hydrogen-bond donors (Lipinski definition) is 5. The maximum Gasteiger partial charge on any atom is 0.128 e. The zero-order valence-corrected chi connectivity index (χ0v) is 14.7. The minimum atomic E-state index is -0.513. The number of hydrogen-bond acceptors (Lipinski definition) is 6. The quantitative estimate of drug-likeness (QED) is 0.522. The van der Waals surface area contributed by atoms with Crippen LogP contribution in [-0.4, -0.2) is 41.4 Å². The van der Waals surface area contributed by atoms with E-state index in [9.17, 15) is 9.50 Å². The predicted octanol–water partition coefficient (Wildman–Crippen LogP) is 1.36. The highest BCUT2D eigenvalue weighted by atomic mass is 19.1. The van der Waals surface area contributed by atoms with Gasteiger partial charge in [0.1, 0.15) is 11.6 Å². The molecule has 2 rings (SSSR count). The van der Waals surface area contributed by atoms with E-state index in [4.69, 9.17) is 22.3 Å². The van der Waals surface area contributed by atoms with E-state index in [1.807, 2.05) is 0 Å². The summed E-state index contributed by atoms with van der Waals surface area (Å²) in [6, 6.07) is 2.28. The van der Waals surface area contributed by atoms with E-state index in [-0.39, 0.29) is 17.3 Å². The van der Waals surface area contributed by atoms with E-state index in [2.05, 4.69) is 4.90 Å². The van der Waals surface area contributed by atoms with Gasteiger partial charge in [-0.15, -0.1) is 0 Å². The maximum atomic E-state index is 12.9. The fourth-order valence-electron chi connectivity index (χ4n) is 2.69. The number of phenolic OH excluding ortho intramolecular Hbond substituents is 1. The molecule has 1 fully saturated rings. The fraction of sp³-hybridized carbons (Fsp3) is 0.444. The highest BCUT2D eigenvalue weighted by Crippen LogP contribution is 2.27. The molecule has 0 saturated carbocycles. The standard InChI is InChI=1S/C11H14FN3O.C7H15NO/c1-6-4-7(12)5-9(16)11(6)8(13)2-3-10(14)15;9-7-6-8-4-2-1-3-5-8/h2-5,16H,13-15H2,1H3;9H,1-7H2/b8-2-;. The van der Waals surface area contributed by atoms with Crippen molar-refractivity contribution in [3.05, 3.63) is 47.0 Å². The highest BCUT2D eigenvalue weighted by Gasteiger charge is 2.09. The molecule has 1 saturated heterocycles. The Labute approximate surface area is 148 Å². The largest absolute Gasteiger partial charge is 0.507 e. The number of aliphatic hydroxyl groups excluding tert-OH is 1. The van der Waals surface area contributed by atoms with Crippen LogP contribution >= 0.6 is 0 Å². The van der Waals surface area contributed by atoms with E-state index in [0.717, 1.165) is 12.6 Å². The van der Waals surface area contributed by atoms with Crippen LogP contribution < -0.4 is 17.2 Å². The molecule has 140 valence electrons. The number of aromatic hydroxyl groups is 1. The molecule has 1 aromatic rings. The predicted molar refractivity (Wildman–Crippen MR) is 98.8 cm³/mol. The van der Waals surface area contributed by atoms with Crippen LogP contribution in [0.4, 0.5) is 4.39 Å². The summed E-state index contributed by atoms with van der Waals surface area (Å²) in [7, 11) is 0. The minimum Gasteiger partial charge on any atom is -0.507 e. The number of nitrogens with zero attached hydrogens (tertiary/aromatic N) is 1.